The van der Waals surface area contributed by atoms with Crippen LogP contribution in [0.25, 0.3) is 0 Å². The lowest BCUT2D eigenvalue weighted by atomic mass is 9.82. The molecule has 1 N–H and O–H groups in total. The van der Waals surface area contributed by atoms with Gasteiger partial charge < -0.3 is 10.1 Å². The molecule has 1 unspecified atom stereocenters. The summed E-state index contributed by atoms with van der Waals surface area (Å²) in [7, 11) is 0. The van der Waals surface area contributed by atoms with Gasteiger partial charge in [0, 0.05) is 18.0 Å². The van der Waals surface area contributed by atoms with Crippen molar-refractivity contribution in [3.63, 3.8) is 0 Å². The van der Waals surface area contributed by atoms with Crippen LogP contribution >= 0.6 is 0 Å². The minimum atomic E-state index is -0.266. The Hall–Kier alpha value is -2.10. The van der Waals surface area contributed by atoms with Gasteiger partial charge in [-0.15, -0.1) is 0 Å². The van der Waals surface area contributed by atoms with Gasteiger partial charge in [0.2, 0.25) is 5.91 Å². The number of carbonyl (C=O) groups is 2. The molecule has 1 saturated carbocycles. The van der Waals surface area contributed by atoms with Crippen LogP contribution in [0.5, 0.6) is 0 Å². The third-order valence-corrected chi connectivity index (χ3v) is 5.33. The molecule has 2 aliphatic rings. The Balaban J connectivity index is 1.87. The predicted octanol–water partition coefficient (Wildman–Crippen LogP) is 4.14. The first kappa shape index (κ1) is 17.7. The molecule has 1 atom stereocenters. The Labute approximate surface area is 149 Å². The van der Waals surface area contributed by atoms with E-state index in [9.17, 15) is 9.59 Å². The van der Waals surface area contributed by atoms with Gasteiger partial charge >= 0.3 is 5.97 Å². The highest BCUT2D eigenvalue weighted by Gasteiger charge is 2.34. The molecule has 4 nitrogen and oxygen atoms in total. The molecule has 1 heterocycles. The average Bonchev–Trinajstić information content (AvgIpc) is 2.83. The Morgan fingerprint density at radius 2 is 1.76 bits per heavy atom. The zero-order chi connectivity index (χ0) is 17.8. The normalized spacial score (nSPS) is 22.3. The second-order valence-electron chi connectivity index (χ2n) is 7.22. The molecular formula is C21H27NO3. The second kappa shape index (κ2) is 7.85. The first-order chi connectivity index (χ1) is 12.1. The van der Waals surface area contributed by atoms with Gasteiger partial charge in [-0.2, -0.15) is 0 Å². The molecular weight excluding hydrogens is 314 g/mol. The molecule has 1 aromatic rings. The summed E-state index contributed by atoms with van der Waals surface area (Å²) in [5.41, 5.74) is 3.36. The smallest absolute Gasteiger partial charge is 0.336 e. The largest absolute Gasteiger partial charge is 0.459 e. The van der Waals surface area contributed by atoms with Crippen LogP contribution < -0.4 is 5.32 Å². The van der Waals surface area contributed by atoms with Gasteiger partial charge in [-0.1, -0.05) is 37.1 Å². The first-order valence-corrected chi connectivity index (χ1v) is 9.33. The van der Waals surface area contributed by atoms with Gasteiger partial charge in [0.15, 0.2) is 0 Å². The van der Waals surface area contributed by atoms with Crippen molar-refractivity contribution in [3.05, 3.63) is 46.7 Å². The van der Waals surface area contributed by atoms with Crippen LogP contribution in [0, 0.1) is 6.92 Å². The van der Waals surface area contributed by atoms with Crippen molar-refractivity contribution >= 4 is 11.9 Å². The van der Waals surface area contributed by atoms with Crippen molar-refractivity contribution < 1.29 is 14.3 Å². The highest BCUT2D eigenvalue weighted by atomic mass is 16.5. The highest BCUT2D eigenvalue weighted by molar-refractivity contribution is 5.96. The van der Waals surface area contributed by atoms with Gasteiger partial charge in [0.05, 0.1) is 5.57 Å². The molecule has 0 spiro atoms. The van der Waals surface area contributed by atoms with Crippen LogP contribution in [0.4, 0.5) is 0 Å². The SMILES string of the molecule is CC1=C(C(=O)OC2CCCCCC2)C(c2ccccc2C)CC(=O)N1. The summed E-state index contributed by atoms with van der Waals surface area (Å²) in [4.78, 5) is 25.0. The summed E-state index contributed by atoms with van der Waals surface area (Å²) >= 11 is 0. The van der Waals surface area contributed by atoms with E-state index in [4.69, 9.17) is 4.74 Å². The number of aryl methyl sites for hydroxylation is 1. The van der Waals surface area contributed by atoms with E-state index in [-0.39, 0.29) is 30.3 Å². The molecule has 1 fully saturated rings. The van der Waals surface area contributed by atoms with Gasteiger partial charge in [-0.3, -0.25) is 4.79 Å². The monoisotopic (exact) mass is 341 g/mol. The van der Waals surface area contributed by atoms with E-state index in [1.54, 1.807) is 6.92 Å². The van der Waals surface area contributed by atoms with Crippen molar-refractivity contribution in [2.24, 2.45) is 0 Å². The number of allylic oxidation sites excluding steroid dienone is 1. The summed E-state index contributed by atoms with van der Waals surface area (Å²) in [6.07, 6.45) is 6.86. The fourth-order valence-corrected chi connectivity index (χ4v) is 3.99. The van der Waals surface area contributed by atoms with Crippen molar-refractivity contribution in [2.75, 3.05) is 0 Å². The van der Waals surface area contributed by atoms with E-state index in [1.165, 1.54) is 12.8 Å². The fourth-order valence-electron chi connectivity index (χ4n) is 3.99. The molecule has 4 heteroatoms. The topological polar surface area (TPSA) is 55.4 Å². The Bertz CT molecular complexity index is 684. The van der Waals surface area contributed by atoms with Crippen LogP contribution in [0.2, 0.25) is 0 Å². The number of amides is 1. The lowest BCUT2D eigenvalue weighted by Crippen LogP contribution is -2.35. The lowest BCUT2D eigenvalue weighted by Gasteiger charge is -2.28. The van der Waals surface area contributed by atoms with Gasteiger partial charge in [0.1, 0.15) is 6.10 Å². The average molecular weight is 341 g/mol. The minimum Gasteiger partial charge on any atom is -0.459 e. The summed E-state index contributed by atoms with van der Waals surface area (Å²) in [5.74, 6) is -0.539. The molecule has 25 heavy (non-hydrogen) atoms. The second-order valence-corrected chi connectivity index (χ2v) is 7.22. The van der Waals surface area contributed by atoms with Crippen LogP contribution in [0.15, 0.2) is 35.5 Å². The van der Waals surface area contributed by atoms with Crippen molar-refractivity contribution in [3.8, 4) is 0 Å². The molecule has 1 aliphatic carbocycles. The van der Waals surface area contributed by atoms with E-state index in [0.29, 0.717) is 11.3 Å². The Morgan fingerprint density at radius 3 is 2.44 bits per heavy atom. The van der Waals surface area contributed by atoms with E-state index in [1.807, 2.05) is 31.2 Å². The van der Waals surface area contributed by atoms with Gasteiger partial charge in [-0.25, -0.2) is 4.79 Å². The fraction of sp³-hybridized carbons (Fsp3) is 0.524. The minimum absolute atomic E-state index is 0.00504. The Morgan fingerprint density at radius 1 is 1.08 bits per heavy atom. The predicted molar refractivity (Wildman–Crippen MR) is 97.0 cm³/mol. The number of benzene rings is 1. The summed E-state index contributed by atoms with van der Waals surface area (Å²) in [6.45, 7) is 3.82. The quantitative estimate of drug-likeness (QED) is 0.664. The molecule has 0 aromatic heterocycles. The number of rotatable bonds is 3. The summed E-state index contributed by atoms with van der Waals surface area (Å²) in [6, 6.07) is 7.95. The summed E-state index contributed by atoms with van der Waals surface area (Å²) in [5, 5.41) is 2.82. The molecule has 0 saturated heterocycles. The van der Waals surface area contributed by atoms with Crippen molar-refractivity contribution in [1.29, 1.82) is 0 Å². The molecule has 1 aliphatic heterocycles. The van der Waals surface area contributed by atoms with Gasteiger partial charge in [-0.05, 0) is 50.7 Å². The maximum Gasteiger partial charge on any atom is 0.336 e. The number of esters is 1. The molecule has 0 bridgehead atoms. The number of hydrogen-bond acceptors (Lipinski definition) is 3. The molecule has 0 radical (unpaired) electrons. The zero-order valence-corrected chi connectivity index (χ0v) is 15.1. The van der Waals surface area contributed by atoms with Crippen molar-refractivity contribution in [1.82, 2.24) is 5.32 Å². The highest BCUT2D eigenvalue weighted by Crippen LogP contribution is 2.35. The third kappa shape index (κ3) is 4.12. The first-order valence-electron chi connectivity index (χ1n) is 9.33. The van der Waals surface area contributed by atoms with E-state index >= 15 is 0 Å². The van der Waals surface area contributed by atoms with E-state index in [0.717, 1.165) is 36.8 Å². The van der Waals surface area contributed by atoms with Crippen molar-refractivity contribution in [2.45, 2.75) is 70.8 Å². The van der Waals surface area contributed by atoms with Crippen LogP contribution in [0.1, 0.15) is 68.9 Å². The number of nitrogens with one attached hydrogen (secondary N) is 1. The van der Waals surface area contributed by atoms with E-state index < -0.39 is 0 Å². The maximum absolute atomic E-state index is 13.0. The molecule has 3 rings (SSSR count). The van der Waals surface area contributed by atoms with Crippen LogP contribution in [0.3, 0.4) is 0 Å². The summed E-state index contributed by atoms with van der Waals surface area (Å²) < 4.78 is 5.86. The third-order valence-electron chi connectivity index (χ3n) is 5.33. The lowest BCUT2D eigenvalue weighted by molar-refractivity contribution is -0.145. The van der Waals surface area contributed by atoms with Crippen LogP contribution in [-0.4, -0.2) is 18.0 Å². The Kier molecular flexibility index (Phi) is 5.57. The zero-order valence-electron chi connectivity index (χ0n) is 15.1. The number of carbonyl (C=O) groups excluding carboxylic acids is 2. The molecule has 1 aromatic carbocycles. The van der Waals surface area contributed by atoms with Crippen LogP contribution in [-0.2, 0) is 14.3 Å². The number of ether oxygens (including phenoxy) is 1. The molecule has 1 amide bonds. The maximum atomic E-state index is 13.0. The van der Waals surface area contributed by atoms with Gasteiger partial charge in [0.25, 0.3) is 0 Å². The standard InChI is InChI=1S/C21H27NO3/c1-14-9-7-8-12-17(14)18-13-19(23)22-15(2)20(18)21(24)25-16-10-5-3-4-6-11-16/h7-9,12,16,18H,3-6,10-11,13H2,1-2H3,(H,22,23). The van der Waals surface area contributed by atoms with E-state index in [2.05, 4.69) is 5.32 Å². The number of hydrogen-bond donors (Lipinski definition) is 1. The molecule has 134 valence electrons.